The molecule has 4 fully saturated rings. The van der Waals surface area contributed by atoms with Crippen molar-refractivity contribution in [1.29, 1.82) is 0 Å². The molecule has 332 valence electrons. The Morgan fingerprint density at radius 3 is 1.64 bits per heavy atom. The van der Waals surface area contributed by atoms with E-state index < -0.39 is 0 Å². The van der Waals surface area contributed by atoms with Gasteiger partial charge in [0.05, 0.1) is 16.7 Å². The molecule has 0 radical (unpaired) electrons. The smallest absolute Gasteiger partial charge is 0.0562 e. The molecule has 3 heteroatoms. The van der Waals surface area contributed by atoms with Crippen molar-refractivity contribution < 1.29 is 0 Å². The molecule has 4 bridgehead atoms. The van der Waals surface area contributed by atoms with Gasteiger partial charge >= 0.3 is 0 Å². The molecule has 4 aliphatic rings. The average Bonchev–Trinajstić information content (AvgIpc) is 3.74. The zero-order valence-electron chi connectivity index (χ0n) is 38.7. The summed E-state index contributed by atoms with van der Waals surface area (Å²) in [7, 11) is 0. The largest absolute Gasteiger partial charge is 0.310 e. The third-order valence-electron chi connectivity index (χ3n) is 16.2. The lowest BCUT2D eigenvalue weighted by Gasteiger charge is -2.55. The van der Waals surface area contributed by atoms with E-state index in [1.807, 2.05) is 0 Å². The molecule has 0 atom stereocenters. The molecule has 3 nitrogen and oxygen atoms in total. The molecule has 0 unspecified atom stereocenters. The minimum absolute atomic E-state index is 0.632. The molecule has 0 aliphatic heterocycles. The predicted octanol–water partition coefficient (Wildman–Crippen LogP) is 18.2. The molecule has 0 saturated heterocycles. The lowest BCUT2D eigenvalue weighted by atomic mass is 9.50. The average molecular weight is 888 g/mol. The Kier molecular flexibility index (Phi) is 9.57. The Morgan fingerprint density at radius 2 is 0.899 bits per heavy atom. The number of hydrogen-bond acceptors (Lipinski definition) is 2. The van der Waals surface area contributed by atoms with Gasteiger partial charge in [-0.1, -0.05) is 140 Å². The van der Waals surface area contributed by atoms with Gasteiger partial charge < -0.3 is 14.4 Å². The van der Waals surface area contributed by atoms with Crippen LogP contribution in [0.3, 0.4) is 0 Å². The first kappa shape index (κ1) is 40.2. The zero-order valence-corrected chi connectivity index (χ0v) is 38.7. The standard InChI is InChI=1S/C66H53N3/c1-4-16-46(17-5-1)47-19-14-24-55(39-47)68(63-28-15-29-64-66(63)60-26-12-13-27-62(60)69(64)54-22-8-3-9-23-54)57-33-31-48-40-56(32-30-49(48)41-57)67(53-20-6-2-7-21-53)58-42-50-18-10-11-25-59(50)61(43-58)65-51-35-44-34-45(37-51)38-52(65)36-44/h1-33,39-45,51-52,65H,34-38H2. The van der Waals surface area contributed by atoms with Crippen molar-refractivity contribution in [1.82, 2.24) is 4.57 Å². The van der Waals surface area contributed by atoms with Gasteiger partial charge in [0.1, 0.15) is 0 Å². The highest BCUT2D eigenvalue weighted by Crippen LogP contribution is 2.61. The Morgan fingerprint density at radius 1 is 0.348 bits per heavy atom. The molecule has 10 aromatic carbocycles. The Balaban J connectivity index is 0.925. The highest BCUT2D eigenvalue weighted by Gasteiger charge is 2.49. The van der Waals surface area contributed by atoms with E-state index in [9.17, 15) is 0 Å². The summed E-state index contributed by atoms with van der Waals surface area (Å²) in [6.07, 6.45) is 7.11. The predicted molar refractivity (Wildman–Crippen MR) is 290 cm³/mol. The van der Waals surface area contributed by atoms with Crippen molar-refractivity contribution in [3.05, 3.63) is 236 Å². The first-order valence-electron chi connectivity index (χ1n) is 25.1. The molecule has 4 aliphatic carbocycles. The van der Waals surface area contributed by atoms with E-state index >= 15 is 0 Å². The van der Waals surface area contributed by atoms with Crippen LogP contribution in [0.2, 0.25) is 0 Å². The highest BCUT2D eigenvalue weighted by atomic mass is 15.2. The number of para-hydroxylation sites is 3. The summed E-state index contributed by atoms with van der Waals surface area (Å²) >= 11 is 0. The van der Waals surface area contributed by atoms with Crippen LogP contribution in [0.25, 0.3) is 60.2 Å². The van der Waals surface area contributed by atoms with E-state index in [1.54, 1.807) is 5.56 Å². The van der Waals surface area contributed by atoms with E-state index in [-0.39, 0.29) is 0 Å². The molecule has 11 aromatic rings. The maximum Gasteiger partial charge on any atom is 0.0562 e. The van der Waals surface area contributed by atoms with Crippen LogP contribution >= 0.6 is 0 Å². The van der Waals surface area contributed by atoms with Crippen LogP contribution in [0.5, 0.6) is 0 Å². The Bertz CT molecular complexity index is 3680. The van der Waals surface area contributed by atoms with Crippen molar-refractivity contribution in [3.8, 4) is 16.8 Å². The Labute approximate surface area is 404 Å². The minimum atomic E-state index is 0.632. The van der Waals surface area contributed by atoms with Gasteiger partial charge in [-0.15, -0.1) is 0 Å². The second-order valence-corrected chi connectivity index (χ2v) is 20.2. The third-order valence-corrected chi connectivity index (χ3v) is 16.2. The zero-order chi connectivity index (χ0) is 45.4. The quantitative estimate of drug-likeness (QED) is 0.143. The molecular weight excluding hydrogens is 835 g/mol. The van der Waals surface area contributed by atoms with Crippen LogP contribution < -0.4 is 9.80 Å². The van der Waals surface area contributed by atoms with Crippen LogP contribution in [0.4, 0.5) is 34.1 Å². The summed E-state index contributed by atoms with van der Waals surface area (Å²) in [6.45, 7) is 0. The number of anilines is 6. The van der Waals surface area contributed by atoms with Crippen molar-refractivity contribution >= 4 is 77.5 Å². The van der Waals surface area contributed by atoms with Gasteiger partial charge in [-0.05, 0) is 191 Å². The monoisotopic (exact) mass is 887 g/mol. The minimum Gasteiger partial charge on any atom is -0.310 e. The maximum atomic E-state index is 2.59. The topological polar surface area (TPSA) is 11.4 Å². The number of fused-ring (bicyclic) bond motifs is 5. The number of rotatable bonds is 9. The van der Waals surface area contributed by atoms with Gasteiger partial charge in [0.2, 0.25) is 0 Å². The number of benzene rings is 10. The molecule has 4 saturated carbocycles. The molecule has 15 rings (SSSR count). The van der Waals surface area contributed by atoms with Crippen molar-refractivity contribution in [2.45, 2.75) is 38.0 Å². The first-order valence-corrected chi connectivity index (χ1v) is 25.1. The van der Waals surface area contributed by atoms with E-state index in [4.69, 9.17) is 0 Å². The van der Waals surface area contributed by atoms with E-state index in [0.29, 0.717) is 5.92 Å². The lowest BCUT2D eigenvalue weighted by molar-refractivity contribution is -0.00229. The molecule has 0 amide bonds. The van der Waals surface area contributed by atoms with Crippen molar-refractivity contribution in [2.24, 2.45) is 23.7 Å². The van der Waals surface area contributed by atoms with Crippen LogP contribution in [-0.2, 0) is 0 Å². The molecule has 69 heavy (non-hydrogen) atoms. The molecule has 1 heterocycles. The summed E-state index contributed by atoms with van der Waals surface area (Å²) in [5.74, 6) is 4.12. The third kappa shape index (κ3) is 6.86. The summed E-state index contributed by atoms with van der Waals surface area (Å²) in [6, 6.07) is 85.5. The van der Waals surface area contributed by atoms with Gasteiger partial charge in [-0.2, -0.15) is 0 Å². The molecule has 0 N–H and O–H groups in total. The number of nitrogens with zero attached hydrogens (tertiary/aromatic N) is 3. The van der Waals surface area contributed by atoms with E-state index in [1.165, 1.54) is 104 Å². The fourth-order valence-corrected chi connectivity index (χ4v) is 13.6. The lowest BCUT2D eigenvalue weighted by Crippen LogP contribution is -2.43. The van der Waals surface area contributed by atoms with E-state index in [2.05, 4.69) is 245 Å². The molecule has 0 spiro atoms. The highest BCUT2D eigenvalue weighted by molar-refractivity contribution is 6.17. The van der Waals surface area contributed by atoms with Crippen LogP contribution in [-0.4, -0.2) is 4.57 Å². The number of hydrogen-bond donors (Lipinski definition) is 0. The van der Waals surface area contributed by atoms with Gasteiger partial charge in [-0.25, -0.2) is 0 Å². The molecular formula is C66H53N3. The fourth-order valence-electron chi connectivity index (χ4n) is 13.6. The van der Waals surface area contributed by atoms with Gasteiger partial charge in [-0.3, -0.25) is 0 Å². The van der Waals surface area contributed by atoms with Crippen LogP contribution in [0.1, 0.15) is 43.6 Å². The first-order chi connectivity index (χ1) is 34.2. The SMILES string of the molecule is c1ccc(-c2cccc(N(c3ccc4cc(N(c5ccccc5)c5cc(C6C7CC8CC(C7)CC6C8)c6ccccc6c5)ccc4c3)c3cccc4c3c3ccccc3n4-c3ccccc3)c2)cc1. The molecule has 1 aromatic heterocycles. The van der Waals surface area contributed by atoms with Crippen molar-refractivity contribution in [3.63, 3.8) is 0 Å². The summed E-state index contributed by atoms with van der Waals surface area (Å²) in [5.41, 5.74) is 14.4. The second kappa shape index (κ2) is 16.4. The van der Waals surface area contributed by atoms with Gasteiger partial charge in [0.15, 0.2) is 0 Å². The van der Waals surface area contributed by atoms with Gasteiger partial charge in [0.25, 0.3) is 0 Å². The van der Waals surface area contributed by atoms with Crippen molar-refractivity contribution in [2.75, 3.05) is 9.80 Å². The van der Waals surface area contributed by atoms with E-state index in [0.717, 1.165) is 46.4 Å². The fraction of sp³-hybridized carbons (Fsp3) is 0.152. The number of aromatic nitrogens is 1. The normalized spacial score (nSPS) is 19.4. The Hall–Kier alpha value is -7.88. The van der Waals surface area contributed by atoms with Crippen LogP contribution in [0.15, 0.2) is 231 Å². The summed E-state index contributed by atoms with van der Waals surface area (Å²) in [4.78, 5) is 4.98. The maximum absolute atomic E-state index is 2.59. The van der Waals surface area contributed by atoms with Crippen LogP contribution in [0, 0.1) is 23.7 Å². The second-order valence-electron chi connectivity index (χ2n) is 20.2. The summed E-state index contributed by atoms with van der Waals surface area (Å²) < 4.78 is 2.41. The summed E-state index contributed by atoms with van der Waals surface area (Å²) in [5, 5.41) is 7.62. The van der Waals surface area contributed by atoms with Gasteiger partial charge in [0, 0.05) is 44.9 Å².